The SMILES string of the molecule is COc1ccc(C(O)c2cccnc2)cn1. The lowest BCUT2D eigenvalue weighted by Gasteiger charge is -2.10. The van der Waals surface area contributed by atoms with E-state index in [1.54, 1.807) is 43.9 Å². The molecule has 16 heavy (non-hydrogen) atoms. The number of rotatable bonds is 3. The maximum atomic E-state index is 10.0. The number of methoxy groups -OCH3 is 1. The van der Waals surface area contributed by atoms with Crippen LogP contribution in [0.5, 0.6) is 5.88 Å². The molecule has 1 atom stereocenters. The highest BCUT2D eigenvalue weighted by Gasteiger charge is 2.10. The van der Waals surface area contributed by atoms with Gasteiger partial charge in [-0.2, -0.15) is 0 Å². The van der Waals surface area contributed by atoms with Crippen molar-refractivity contribution in [2.45, 2.75) is 6.10 Å². The first-order valence-electron chi connectivity index (χ1n) is 4.89. The molecule has 1 unspecified atom stereocenters. The molecule has 0 aliphatic carbocycles. The summed E-state index contributed by atoms with van der Waals surface area (Å²) in [6.07, 6.45) is 4.19. The summed E-state index contributed by atoms with van der Waals surface area (Å²) in [7, 11) is 1.56. The second kappa shape index (κ2) is 4.72. The average molecular weight is 216 g/mol. The minimum atomic E-state index is -0.702. The molecule has 2 rings (SSSR count). The van der Waals surface area contributed by atoms with Crippen molar-refractivity contribution in [1.82, 2.24) is 9.97 Å². The second-order valence-corrected chi connectivity index (χ2v) is 3.32. The molecule has 0 aliphatic rings. The molecule has 0 saturated heterocycles. The van der Waals surface area contributed by atoms with Crippen molar-refractivity contribution in [2.24, 2.45) is 0 Å². The molecule has 0 saturated carbocycles. The summed E-state index contributed by atoms with van der Waals surface area (Å²) < 4.78 is 4.95. The van der Waals surface area contributed by atoms with Crippen molar-refractivity contribution < 1.29 is 9.84 Å². The number of nitrogens with zero attached hydrogens (tertiary/aromatic N) is 2. The first-order valence-corrected chi connectivity index (χ1v) is 4.89. The van der Waals surface area contributed by atoms with Crippen LogP contribution in [0.4, 0.5) is 0 Å². The van der Waals surface area contributed by atoms with Crippen LogP contribution >= 0.6 is 0 Å². The molecular formula is C12H12N2O2. The van der Waals surface area contributed by atoms with E-state index in [2.05, 4.69) is 9.97 Å². The Bertz CT molecular complexity index is 442. The monoisotopic (exact) mass is 216 g/mol. The Morgan fingerprint density at radius 1 is 1.19 bits per heavy atom. The molecule has 4 heteroatoms. The van der Waals surface area contributed by atoms with Gasteiger partial charge in [-0.05, 0) is 12.1 Å². The Balaban J connectivity index is 2.24. The van der Waals surface area contributed by atoms with Crippen LogP contribution in [0.2, 0.25) is 0 Å². The lowest BCUT2D eigenvalue weighted by molar-refractivity contribution is 0.219. The van der Waals surface area contributed by atoms with E-state index in [0.717, 1.165) is 5.56 Å². The van der Waals surface area contributed by atoms with Gasteiger partial charge in [0.25, 0.3) is 0 Å². The third kappa shape index (κ3) is 2.17. The number of hydrogen-bond acceptors (Lipinski definition) is 4. The molecule has 0 fully saturated rings. The van der Waals surface area contributed by atoms with Crippen molar-refractivity contribution in [3.05, 3.63) is 54.0 Å². The molecule has 0 bridgehead atoms. The lowest BCUT2D eigenvalue weighted by atomic mass is 10.1. The highest BCUT2D eigenvalue weighted by atomic mass is 16.5. The van der Waals surface area contributed by atoms with Crippen LogP contribution in [0, 0.1) is 0 Å². The maximum absolute atomic E-state index is 10.0. The van der Waals surface area contributed by atoms with E-state index in [0.29, 0.717) is 11.4 Å². The number of pyridine rings is 2. The summed E-state index contributed by atoms with van der Waals surface area (Å²) in [5.74, 6) is 0.530. The van der Waals surface area contributed by atoms with E-state index in [1.165, 1.54) is 0 Å². The predicted molar refractivity (Wildman–Crippen MR) is 59.1 cm³/mol. The number of ether oxygens (including phenoxy) is 1. The summed E-state index contributed by atoms with van der Waals surface area (Å²) in [5, 5.41) is 10.0. The number of aromatic nitrogens is 2. The van der Waals surface area contributed by atoms with Crippen LogP contribution < -0.4 is 4.74 Å². The zero-order valence-electron chi connectivity index (χ0n) is 8.87. The van der Waals surface area contributed by atoms with E-state index in [9.17, 15) is 5.11 Å². The summed E-state index contributed by atoms with van der Waals surface area (Å²) >= 11 is 0. The zero-order chi connectivity index (χ0) is 11.4. The highest BCUT2D eigenvalue weighted by molar-refractivity contribution is 5.27. The summed E-state index contributed by atoms with van der Waals surface area (Å²) in [6.45, 7) is 0. The fourth-order valence-corrected chi connectivity index (χ4v) is 1.40. The van der Waals surface area contributed by atoms with E-state index >= 15 is 0 Å². The average Bonchev–Trinajstić information content (AvgIpc) is 2.39. The molecule has 0 aliphatic heterocycles. The molecule has 4 nitrogen and oxygen atoms in total. The van der Waals surface area contributed by atoms with E-state index in [-0.39, 0.29) is 0 Å². The maximum Gasteiger partial charge on any atom is 0.212 e. The zero-order valence-corrected chi connectivity index (χ0v) is 8.87. The van der Waals surface area contributed by atoms with Crippen molar-refractivity contribution in [2.75, 3.05) is 7.11 Å². The van der Waals surface area contributed by atoms with Gasteiger partial charge in [-0.25, -0.2) is 4.98 Å². The van der Waals surface area contributed by atoms with Crippen LogP contribution in [0.15, 0.2) is 42.9 Å². The Kier molecular flexibility index (Phi) is 3.12. The van der Waals surface area contributed by atoms with Gasteiger partial charge in [0.1, 0.15) is 6.10 Å². The molecule has 1 N–H and O–H groups in total. The molecule has 0 radical (unpaired) electrons. The minimum Gasteiger partial charge on any atom is -0.481 e. The van der Waals surface area contributed by atoms with Gasteiger partial charge in [0.15, 0.2) is 0 Å². The smallest absolute Gasteiger partial charge is 0.212 e. The van der Waals surface area contributed by atoms with Gasteiger partial charge in [0, 0.05) is 35.8 Å². The molecule has 2 aromatic rings. The summed E-state index contributed by atoms with van der Waals surface area (Å²) in [5.41, 5.74) is 1.46. The van der Waals surface area contributed by atoms with E-state index in [4.69, 9.17) is 4.74 Å². The fourth-order valence-electron chi connectivity index (χ4n) is 1.40. The Labute approximate surface area is 93.6 Å². The minimum absolute atomic E-state index is 0.530. The van der Waals surface area contributed by atoms with E-state index in [1.807, 2.05) is 6.07 Å². The molecule has 0 spiro atoms. The second-order valence-electron chi connectivity index (χ2n) is 3.32. The standard InChI is InChI=1S/C12H12N2O2/c1-16-11-5-4-10(8-14-11)12(15)9-3-2-6-13-7-9/h2-8,12,15H,1H3. The lowest BCUT2D eigenvalue weighted by Crippen LogP contribution is -2.00. The third-order valence-corrected chi connectivity index (χ3v) is 2.28. The van der Waals surface area contributed by atoms with Gasteiger partial charge in [0.2, 0.25) is 5.88 Å². The van der Waals surface area contributed by atoms with Crippen LogP contribution in [-0.2, 0) is 0 Å². The van der Waals surface area contributed by atoms with Crippen molar-refractivity contribution in [1.29, 1.82) is 0 Å². The van der Waals surface area contributed by atoms with Gasteiger partial charge >= 0.3 is 0 Å². The van der Waals surface area contributed by atoms with Gasteiger partial charge in [0.05, 0.1) is 7.11 Å². The molecule has 2 heterocycles. The topological polar surface area (TPSA) is 55.2 Å². The van der Waals surface area contributed by atoms with Gasteiger partial charge in [-0.3, -0.25) is 4.98 Å². The fraction of sp³-hybridized carbons (Fsp3) is 0.167. The Morgan fingerprint density at radius 2 is 2.00 bits per heavy atom. The van der Waals surface area contributed by atoms with Crippen molar-refractivity contribution in [3.8, 4) is 5.88 Å². The van der Waals surface area contributed by atoms with Gasteiger partial charge in [-0.15, -0.1) is 0 Å². The first-order chi connectivity index (χ1) is 7.81. The summed E-state index contributed by atoms with van der Waals surface area (Å²) in [4.78, 5) is 8.00. The van der Waals surface area contributed by atoms with Crippen LogP contribution in [0.3, 0.4) is 0 Å². The van der Waals surface area contributed by atoms with Crippen LogP contribution in [0.25, 0.3) is 0 Å². The van der Waals surface area contributed by atoms with Gasteiger partial charge in [-0.1, -0.05) is 6.07 Å². The molecule has 0 amide bonds. The normalized spacial score (nSPS) is 12.1. The first kappa shape index (κ1) is 10.6. The number of hydrogen-bond donors (Lipinski definition) is 1. The number of aliphatic hydroxyl groups excluding tert-OH is 1. The molecule has 0 aromatic carbocycles. The third-order valence-electron chi connectivity index (χ3n) is 2.28. The highest BCUT2D eigenvalue weighted by Crippen LogP contribution is 2.21. The van der Waals surface area contributed by atoms with Crippen molar-refractivity contribution >= 4 is 0 Å². The van der Waals surface area contributed by atoms with Crippen LogP contribution in [-0.4, -0.2) is 22.2 Å². The molecule has 82 valence electrons. The van der Waals surface area contributed by atoms with E-state index < -0.39 is 6.10 Å². The molecular weight excluding hydrogens is 204 g/mol. The largest absolute Gasteiger partial charge is 0.481 e. The van der Waals surface area contributed by atoms with Crippen LogP contribution in [0.1, 0.15) is 17.2 Å². The number of aliphatic hydroxyl groups is 1. The van der Waals surface area contributed by atoms with Gasteiger partial charge < -0.3 is 9.84 Å². The van der Waals surface area contributed by atoms with Crippen molar-refractivity contribution in [3.63, 3.8) is 0 Å². The predicted octanol–water partition coefficient (Wildman–Crippen LogP) is 1.57. The quantitative estimate of drug-likeness (QED) is 0.846. The molecule has 2 aromatic heterocycles. The Morgan fingerprint density at radius 3 is 2.56 bits per heavy atom. The summed E-state index contributed by atoms with van der Waals surface area (Å²) in [6, 6.07) is 7.11. The Hall–Kier alpha value is -1.94.